The van der Waals surface area contributed by atoms with Gasteiger partial charge in [-0.2, -0.15) is 0 Å². The van der Waals surface area contributed by atoms with E-state index in [9.17, 15) is 9.59 Å². The van der Waals surface area contributed by atoms with Crippen LogP contribution < -0.4 is 9.47 Å². The molecule has 6 heteroatoms. The van der Waals surface area contributed by atoms with Crippen LogP contribution >= 0.6 is 0 Å². The minimum Gasteiger partial charge on any atom is -0.423 e. The van der Waals surface area contributed by atoms with Crippen molar-refractivity contribution < 1.29 is 29.3 Å². The molecule has 0 aliphatic carbocycles. The van der Waals surface area contributed by atoms with Crippen LogP contribution in [0.4, 0.5) is 0 Å². The molecule has 0 saturated heterocycles. The van der Waals surface area contributed by atoms with E-state index in [0.29, 0.717) is 5.56 Å². The average Bonchev–Trinajstić information content (AvgIpc) is 2.76. The van der Waals surface area contributed by atoms with Crippen LogP contribution in [0.3, 0.4) is 0 Å². The summed E-state index contributed by atoms with van der Waals surface area (Å²) >= 11 is 0. The third kappa shape index (κ3) is 6.27. The van der Waals surface area contributed by atoms with E-state index in [1.165, 1.54) is 6.07 Å². The topological polar surface area (TPSA) is 93.1 Å². The van der Waals surface area contributed by atoms with Gasteiger partial charge in [-0.3, -0.25) is 0 Å². The van der Waals surface area contributed by atoms with Crippen molar-refractivity contribution in [3.63, 3.8) is 0 Å². The first-order valence-corrected chi connectivity index (χ1v) is 9.24. The van der Waals surface area contributed by atoms with Gasteiger partial charge in [0, 0.05) is 6.07 Å². The second kappa shape index (κ2) is 10.9. The van der Waals surface area contributed by atoms with Crippen molar-refractivity contribution in [2.45, 2.75) is 12.8 Å². The highest BCUT2D eigenvalue weighted by molar-refractivity contribution is 5.91. The molecule has 2 rings (SSSR count). The molecule has 0 spiro atoms. The van der Waals surface area contributed by atoms with Gasteiger partial charge >= 0.3 is 11.9 Å². The molecule has 0 atom stereocenters. The Labute approximate surface area is 175 Å². The molecule has 2 N–H and O–H groups in total. The van der Waals surface area contributed by atoms with E-state index in [2.05, 4.69) is 19.7 Å². The first kappa shape index (κ1) is 22.8. The first-order chi connectivity index (χ1) is 14.4. The number of allylic oxidation sites excluding steroid dienone is 1. The fourth-order valence-electron chi connectivity index (χ4n) is 2.48. The molecule has 0 bridgehead atoms. The lowest BCUT2D eigenvalue weighted by Gasteiger charge is -2.12. The van der Waals surface area contributed by atoms with Gasteiger partial charge in [-0.25, -0.2) is 9.59 Å². The van der Waals surface area contributed by atoms with Crippen LogP contribution in [-0.4, -0.2) is 35.4 Å². The Bertz CT molecular complexity index is 908. The van der Waals surface area contributed by atoms with Crippen molar-refractivity contribution in [1.82, 2.24) is 0 Å². The zero-order chi connectivity index (χ0) is 22.1. The van der Waals surface area contributed by atoms with Crippen molar-refractivity contribution in [3.8, 4) is 22.6 Å². The van der Waals surface area contributed by atoms with E-state index in [1.807, 2.05) is 30.3 Å². The monoisotopic (exact) mass is 408 g/mol. The number of benzene rings is 2. The normalized spacial score (nSPS) is 10.2. The second-order valence-corrected chi connectivity index (χ2v) is 6.52. The third-order valence-electron chi connectivity index (χ3n) is 4.18. The number of rotatable bonds is 10. The summed E-state index contributed by atoms with van der Waals surface area (Å²) in [6, 6.07) is 12.3. The van der Waals surface area contributed by atoms with Crippen molar-refractivity contribution in [1.29, 1.82) is 0 Å². The van der Waals surface area contributed by atoms with E-state index < -0.39 is 25.2 Å². The highest BCUT2D eigenvalue weighted by Crippen LogP contribution is 2.31. The van der Waals surface area contributed by atoms with Crippen molar-refractivity contribution in [3.05, 3.63) is 85.0 Å². The van der Waals surface area contributed by atoms with Gasteiger partial charge in [0.1, 0.15) is 11.5 Å². The quantitative estimate of drug-likeness (QED) is 0.271. The molecule has 30 heavy (non-hydrogen) atoms. The number of hydrogen-bond acceptors (Lipinski definition) is 6. The molecule has 2 aromatic carbocycles. The second-order valence-electron chi connectivity index (χ2n) is 6.52. The van der Waals surface area contributed by atoms with E-state index in [4.69, 9.17) is 19.7 Å². The molecule has 0 radical (unpaired) electrons. The molecule has 6 nitrogen and oxygen atoms in total. The van der Waals surface area contributed by atoms with Gasteiger partial charge in [0.25, 0.3) is 0 Å². The standard InChI is InChI=1S/C24H24O6/c1-4-5-6-18-7-9-19(10-8-18)20-11-21(29-23(27)16(2)14-25)13-22(12-20)30-24(28)17(3)15-26/h4,7-13,25-26H,1-3,5-6,14-15H2. The van der Waals surface area contributed by atoms with Gasteiger partial charge in [-0.15, -0.1) is 6.58 Å². The fraction of sp³-hybridized carbons (Fsp3) is 0.167. The van der Waals surface area contributed by atoms with Gasteiger partial charge in [0.15, 0.2) is 0 Å². The van der Waals surface area contributed by atoms with E-state index in [-0.39, 0.29) is 22.6 Å². The molecule has 0 unspecified atom stereocenters. The number of ether oxygens (including phenoxy) is 2. The molecule has 0 aromatic heterocycles. The SMILES string of the molecule is C=CCCc1ccc(-c2cc(OC(=O)C(=C)CO)cc(OC(=O)C(=C)CO)c2)cc1. The summed E-state index contributed by atoms with van der Waals surface area (Å²) in [5.41, 5.74) is 2.38. The lowest BCUT2D eigenvalue weighted by molar-refractivity contribution is -0.131. The predicted molar refractivity (Wildman–Crippen MR) is 114 cm³/mol. The zero-order valence-corrected chi connectivity index (χ0v) is 16.6. The molecule has 0 saturated carbocycles. The number of esters is 2. The number of aryl methyl sites for hydroxylation is 1. The highest BCUT2D eigenvalue weighted by atomic mass is 16.5. The Morgan fingerprint density at radius 3 is 1.77 bits per heavy atom. The van der Waals surface area contributed by atoms with Gasteiger partial charge in [0.05, 0.1) is 24.4 Å². The van der Waals surface area contributed by atoms with E-state index in [1.54, 1.807) is 12.1 Å². The molecular formula is C24H24O6. The molecule has 2 aromatic rings. The maximum Gasteiger partial charge on any atom is 0.341 e. The summed E-state index contributed by atoms with van der Waals surface area (Å²) in [5, 5.41) is 18.1. The van der Waals surface area contributed by atoms with Crippen molar-refractivity contribution in [2.24, 2.45) is 0 Å². The largest absolute Gasteiger partial charge is 0.423 e. The fourth-order valence-corrected chi connectivity index (χ4v) is 2.48. The van der Waals surface area contributed by atoms with Gasteiger partial charge < -0.3 is 19.7 Å². The average molecular weight is 408 g/mol. The lowest BCUT2D eigenvalue weighted by Crippen LogP contribution is -2.14. The molecule has 0 heterocycles. The maximum atomic E-state index is 12.0. The lowest BCUT2D eigenvalue weighted by atomic mass is 10.0. The maximum absolute atomic E-state index is 12.0. The highest BCUT2D eigenvalue weighted by Gasteiger charge is 2.15. The predicted octanol–water partition coefficient (Wildman–Crippen LogP) is 3.38. The Morgan fingerprint density at radius 2 is 1.33 bits per heavy atom. The number of carbonyl (C=O) groups is 2. The summed E-state index contributed by atoms with van der Waals surface area (Å²) in [6.07, 6.45) is 3.60. The van der Waals surface area contributed by atoms with Crippen LogP contribution in [0.5, 0.6) is 11.5 Å². The summed E-state index contributed by atoms with van der Waals surface area (Å²) in [7, 11) is 0. The number of aliphatic hydroxyl groups is 2. The van der Waals surface area contributed by atoms with Crippen LogP contribution in [0.25, 0.3) is 11.1 Å². The molecule has 0 aliphatic rings. The Morgan fingerprint density at radius 1 is 0.833 bits per heavy atom. The van der Waals surface area contributed by atoms with Gasteiger partial charge in [-0.1, -0.05) is 43.5 Å². The van der Waals surface area contributed by atoms with Crippen molar-refractivity contribution >= 4 is 11.9 Å². The van der Waals surface area contributed by atoms with Gasteiger partial charge in [0.2, 0.25) is 0 Å². The zero-order valence-electron chi connectivity index (χ0n) is 16.6. The number of aliphatic hydroxyl groups excluding tert-OH is 2. The Hall–Kier alpha value is -3.48. The Kier molecular flexibility index (Phi) is 8.29. The van der Waals surface area contributed by atoms with Crippen LogP contribution in [0, 0.1) is 0 Å². The first-order valence-electron chi connectivity index (χ1n) is 9.24. The minimum atomic E-state index is -0.800. The number of hydrogen-bond donors (Lipinski definition) is 2. The van der Waals surface area contributed by atoms with E-state index >= 15 is 0 Å². The number of carbonyl (C=O) groups excluding carboxylic acids is 2. The summed E-state index contributed by atoms with van der Waals surface area (Å²) < 4.78 is 10.5. The third-order valence-corrected chi connectivity index (χ3v) is 4.18. The van der Waals surface area contributed by atoms with Crippen LogP contribution in [0.2, 0.25) is 0 Å². The van der Waals surface area contributed by atoms with Crippen molar-refractivity contribution in [2.75, 3.05) is 13.2 Å². The van der Waals surface area contributed by atoms with Crippen LogP contribution in [0.15, 0.2) is 79.4 Å². The molecule has 156 valence electrons. The smallest absolute Gasteiger partial charge is 0.341 e. The molecular weight excluding hydrogens is 384 g/mol. The van der Waals surface area contributed by atoms with Gasteiger partial charge in [-0.05, 0) is 41.7 Å². The summed E-state index contributed by atoms with van der Waals surface area (Å²) in [4.78, 5) is 24.0. The molecule has 0 aliphatic heterocycles. The minimum absolute atomic E-state index is 0.111. The summed E-state index contributed by atoms with van der Waals surface area (Å²) in [5.74, 6) is -1.38. The Balaban J connectivity index is 2.38. The van der Waals surface area contributed by atoms with Crippen LogP contribution in [0.1, 0.15) is 12.0 Å². The summed E-state index contributed by atoms with van der Waals surface area (Å²) in [6.45, 7) is 9.51. The molecule has 0 amide bonds. The van der Waals surface area contributed by atoms with Crippen LogP contribution in [-0.2, 0) is 16.0 Å². The van der Waals surface area contributed by atoms with E-state index in [0.717, 1.165) is 24.0 Å². The molecule has 0 fully saturated rings.